The van der Waals surface area contributed by atoms with Gasteiger partial charge >= 0.3 is 0 Å². The Balaban J connectivity index is 1.72. The number of carbonyl (C=O) groups excluding carboxylic acids is 2. The third-order valence-corrected chi connectivity index (χ3v) is 5.91. The molecule has 4 heteroatoms. The molecule has 2 unspecified atom stereocenters. The summed E-state index contributed by atoms with van der Waals surface area (Å²) in [4.78, 5) is 27.9. The predicted octanol–water partition coefficient (Wildman–Crippen LogP) is 4.24. The minimum atomic E-state index is -0.800. The van der Waals surface area contributed by atoms with E-state index in [1.54, 1.807) is 4.90 Å². The molecule has 0 spiro atoms. The summed E-state index contributed by atoms with van der Waals surface area (Å²) in [6.45, 7) is 7.43. The summed E-state index contributed by atoms with van der Waals surface area (Å²) in [5, 5.41) is 3.15. The fourth-order valence-electron chi connectivity index (χ4n) is 4.09. The Bertz CT molecular complexity index is 804. The molecule has 2 amide bonds. The van der Waals surface area contributed by atoms with E-state index in [4.69, 9.17) is 0 Å². The Labute approximate surface area is 167 Å². The molecular weight excluding hydrogens is 348 g/mol. The molecule has 2 atom stereocenters. The monoisotopic (exact) mass is 378 g/mol. The van der Waals surface area contributed by atoms with Crippen LogP contribution in [0.25, 0.3) is 0 Å². The molecule has 2 aromatic rings. The largest absolute Gasteiger partial charge is 0.353 e. The van der Waals surface area contributed by atoms with Crippen LogP contribution in [0.5, 0.6) is 0 Å². The first-order chi connectivity index (χ1) is 13.4. The number of likely N-dealkylation sites (tertiary alicyclic amines) is 1. The highest BCUT2D eigenvalue weighted by Crippen LogP contribution is 2.31. The Kier molecular flexibility index (Phi) is 6.18. The molecular formula is C24H30N2O2. The van der Waals surface area contributed by atoms with Gasteiger partial charge in [0.05, 0.1) is 0 Å². The first kappa shape index (κ1) is 20.1. The van der Waals surface area contributed by atoms with Crippen LogP contribution in [0.15, 0.2) is 60.7 Å². The highest BCUT2D eigenvalue weighted by atomic mass is 16.2. The van der Waals surface area contributed by atoms with E-state index in [-0.39, 0.29) is 17.7 Å². The van der Waals surface area contributed by atoms with Crippen molar-refractivity contribution in [3.05, 3.63) is 71.8 Å². The maximum absolute atomic E-state index is 13.2. The Morgan fingerprint density at radius 3 is 2.25 bits per heavy atom. The smallest absolute Gasteiger partial charge is 0.254 e. The van der Waals surface area contributed by atoms with Gasteiger partial charge in [0.25, 0.3) is 5.91 Å². The van der Waals surface area contributed by atoms with Crippen LogP contribution >= 0.6 is 0 Å². The van der Waals surface area contributed by atoms with Gasteiger partial charge in [0.15, 0.2) is 0 Å². The number of nitrogens with zero attached hydrogens (tertiary/aromatic N) is 1. The molecule has 28 heavy (non-hydrogen) atoms. The van der Waals surface area contributed by atoms with E-state index in [0.717, 1.165) is 6.42 Å². The summed E-state index contributed by atoms with van der Waals surface area (Å²) < 4.78 is 0. The number of hydrogen-bond acceptors (Lipinski definition) is 2. The minimum absolute atomic E-state index is 0.0594. The van der Waals surface area contributed by atoms with Crippen LogP contribution in [0.2, 0.25) is 0 Å². The molecule has 0 aliphatic carbocycles. The average molecular weight is 379 g/mol. The predicted molar refractivity (Wildman–Crippen MR) is 112 cm³/mol. The summed E-state index contributed by atoms with van der Waals surface area (Å²) in [7, 11) is 0. The number of carbonyl (C=O) groups is 2. The molecule has 1 aliphatic rings. The molecule has 1 aliphatic heterocycles. The molecule has 4 nitrogen and oxygen atoms in total. The van der Waals surface area contributed by atoms with Gasteiger partial charge in [-0.3, -0.25) is 9.59 Å². The topological polar surface area (TPSA) is 49.4 Å². The van der Waals surface area contributed by atoms with Crippen molar-refractivity contribution < 1.29 is 9.59 Å². The van der Waals surface area contributed by atoms with Gasteiger partial charge in [-0.15, -0.1) is 0 Å². The molecule has 1 N–H and O–H groups in total. The zero-order valence-corrected chi connectivity index (χ0v) is 17.0. The number of amides is 2. The van der Waals surface area contributed by atoms with E-state index in [9.17, 15) is 9.59 Å². The third kappa shape index (κ3) is 4.11. The van der Waals surface area contributed by atoms with Crippen molar-refractivity contribution in [3.63, 3.8) is 0 Å². The lowest BCUT2D eigenvalue weighted by Crippen LogP contribution is -2.56. The van der Waals surface area contributed by atoms with Crippen molar-refractivity contribution in [2.75, 3.05) is 13.1 Å². The van der Waals surface area contributed by atoms with Crippen LogP contribution in [0, 0.1) is 5.92 Å². The van der Waals surface area contributed by atoms with Gasteiger partial charge in [-0.2, -0.15) is 0 Å². The second kappa shape index (κ2) is 8.59. The molecule has 0 aromatic heterocycles. The van der Waals surface area contributed by atoms with Gasteiger partial charge in [-0.05, 0) is 43.4 Å². The molecule has 1 saturated heterocycles. The van der Waals surface area contributed by atoms with Crippen LogP contribution in [0.1, 0.15) is 55.5 Å². The lowest BCUT2D eigenvalue weighted by Gasteiger charge is -2.35. The van der Waals surface area contributed by atoms with Gasteiger partial charge in [-0.25, -0.2) is 0 Å². The lowest BCUT2D eigenvalue weighted by atomic mass is 9.88. The van der Waals surface area contributed by atoms with E-state index >= 15 is 0 Å². The second-order valence-corrected chi connectivity index (χ2v) is 8.17. The van der Waals surface area contributed by atoms with Crippen molar-refractivity contribution in [2.24, 2.45) is 5.92 Å². The molecule has 0 saturated carbocycles. The van der Waals surface area contributed by atoms with Gasteiger partial charge in [0.1, 0.15) is 5.54 Å². The summed E-state index contributed by atoms with van der Waals surface area (Å²) in [5.41, 5.74) is 1.06. The maximum atomic E-state index is 13.2. The fourth-order valence-corrected chi connectivity index (χ4v) is 4.09. The van der Waals surface area contributed by atoms with E-state index in [2.05, 4.69) is 31.3 Å². The third-order valence-electron chi connectivity index (χ3n) is 5.91. The number of hydrogen-bond donors (Lipinski definition) is 1. The lowest BCUT2D eigenvalue weighted by molar-refractivity contribution is -0.130. The first-order valence-corrected chi connectivity index (χ1v) is 10.1. The van der Waals surface area contributed by atoms with Gasteiger partial charge in [0.2, 0.25) is 5.91 Å². The average Bonchev–Trinajstić information content (AvgIpc) is 3.11. The minimum Gasteiger partial charge on any atom is -0.353 e. The van der Waals surface area contributed by atoms with Crippen LogP contribution < -0.4 is 5.32 Å². The van der Waals surface area contributed by atoms with Gasteiger partial charge < -0.3 is 10.2 Å². The molecule has 0 radical (unpaired) electrons. The molecule has 1 fully saturated rings. The van der Waals surface area contributed by atoms with Crippen LogP contribution in [0.4, 0.5) is 0 Å². The number of benzene rings is 2. The van der Waals surface area contributed by atoms with E-state index in [1.165, 1.54) is 5.56 Å². The van der Waals surface area contributed by atoms with Gasteiger partial charge in [-0.1, -0.05) is 62.4 Å². The van der Waals surface area contributed by atoms with Crippen molar-refractivity contribution in [3.8, 4) is 0 Å². The standard InChI is InChI=1S/C24H30N2O2/c1-18(2)21(19-11-6-4-7-12-19)17-25-23(28)24(3)15-10-16-26(24)22(27)20-13-8-5-9-14-20/h4-9,11-14,18,21H,10,15-17H2,1-3H3,(H,25,28). The van der Waals surface area contributed by atoms with Crippen LogP contribution in [0.3, 0.4) is 0 Å². The van der Waals surface area contributed by atoms with Gasteiger partial charge in [0, 0.05) is 24.6 Å². The van der Waals surface area contributed by atoms with Crippen LogP contribution in [-0.2, 0) is 4.79 Å². The van der Waals surface area contributed by atoms with Crippen LogP contribution in [-0.4, -0.2) is 35.3 Å². The zero-order valence-electron chi connectivity index (χ0n) is 17.0. The molecule has 0 bridgehead atoms. The summed E-state index contributed by atoms with van der Waals surface area (Å²) in [6.07, 6.45) is 1.53. The molecule has 148 valence electrons. The highest BCUT2D eigenvalue weighted by molar-refractivity contribution is 5.99. The zero-order chi connectivity index (χ0) is 20.1. The van der Waals surface area contributed by atoms with Crippen molar-refractivity contribution in [2.45, 2.75) is 45.1 Å². The Hall–Kier alpha value is -2.62. The van der Waals surface area contributed by atoms with E-state index < -0.39 is 5.54 Å². The summed E-state index contributed by atoms with van der Waals surface area (Å²) >= 11 is 0. The van der Waals surface area contributed by atoms with E-state index in [0.29, 0.717) is 31.0 Å². The van der Waals surface area contributed by atoms with Crippen molar-refractivity contribution in [1.82, 2.24) is 10.2 Å². The number of rotatable bonds is 6. The summed E-state index contributed by atoms with van der Waals surface area (Å²) in [6, 6.07) is 19.5. The molecule has 1 heterocycles. The fraction of sp³-hybridized carbons (Fsp3) is 0.417. The van der Waals surface area contributed by atoms with Crippen molar-refractivity contribution in [1.29, 1.82) is 0 Å². The number of nitrogens with one attached hydrogen (secondary N) is 1. The molecule has 3 rings (SSSR count). The SMILES string of the molecule is CC(C)C(CNC(=O)C1(C)CCCN1C(=O)c1ccccc1)c1ccccc1. The Morgan fingerprint density at radius 2 is 1.64 bits per heavy atom. The normalized spacial score (nSPS) is 20.2. The molecule has 2 aromatic carbocycles. The maximum Gasteiger partial charge on any atom is 0.254 e. The Morgan fingerprint density at radius 1 is 1.04 bits per heavy atom. The highest BCUT2D eigenvalue weighted by Gasteiger charge is 2.45. The first-order valence-electron chi connectivity index (χ1n) is 10.1. The quantitative estimate of drug-likeness (QED) is 0.817. The van der Waals surface area contributed by atoms with E-state index in [1.807, 2.05) is 55.5 Å². The second-order valence-electron chi connectivity index (χ2n) is 8.17. The van der Waals surface area contributed by atoms with Crippen molar-refractivity contribution >= 4 is 11.8 Å². The summed E-state index contributed by atoms with van der Waals surface area (Å²) in [5.74, 6) is 0.518.